The van der Waals surface area contributed by atoms with Crippen molar-refractivity contribution in [3.8, 4) is 0 Å². The fourth-order valence-electron chi connectivity index (χ4n) is 1.83. The van der Waals surface area contributed by atoms with Crippen molar-refractivity contribution in [3.05, 3.63) is 0 Å². The molecule has 0 bridgehead atoms. The van der Waals surface area contributed by atoms with Gasteiger partial charge in [0.15, 0.2) is 8.32 Å². The Morgan fingerprint density at radius 1 is 1.14 bits per heavy atom. The Morgan fingerprint density at radius 3 is 2.36 bits per heavy atom. The van der Waals surface area contributed by atoms with Gasteiger partial charge in [-0.3, -0.25) is 0 Å². The van der Waals surface area contributed by atoms with Crippen LogP contribution in [0.4, 0.5) is 0 Å². The van der Waals surface area contributed by atoms with Gasteiger partial charge in [-0.1, -0.05) is 0 Å². The SMILES string of the molecule is COCOC1CCCC1O[Si](C)(C)C. The van der Waals surface area contributed by atoms with Gasteiger partial charge >= 0.3 is 0 Å². The minimum absolute atomic E-state index is 0.252. The lowest BCUT2D eigenvalue weighted by molar-refractivity contribution is -0.0974. The zero-order valence-electron chi connectivity index (χ0n) is 9.71. The summed E-state index contributed by atoms with van der Waals surface area (Å²) < 4.78 is 16.6. The van der Waals surface area contributed by atoms with Crippen molar-refractivity contribution in [1.29, 1.82) is 0 Å². The number of ether oxygens (including phenoxy) is 2. The molecule has 1 rings (SSSR count). The van der Waals surface area contributed by atoms with Crippen molar-refractivity contribution in [2.45, 2.75) is 51.1 Å². The fourth-order valence-corrected chi connectivity index (χ4v) is 3.00. The lowest BCUT2D eigenvalue weighted by Crippen LogP contribution is -2.37. The number of hydrogen-bond donors (Lipinski definition) is 0. The van der Waals surface area contributed by atoms with Gasteiger partial charge in [0.05, 0.1) is 12.2 Å². The minimum Gasteiger partial charge on any atom is -0.412 e. The molecule has 3 nitrogen and oxygen atoms in total. The maximum atomic E-state index is 6.07. The summed E-state index contributed by atoms with van der Waals surface area (Å²) in [6.45, 7) is 7.05. The molecule has 0 radical (unpaired) electrons. The first-order chi connectivity index (χ1) is 6.53. The zero-order valence-corrected chi connectivity index (χ0v) is 10.7. The third-order valence-corrected chi connectivity index (χ3v) is 3.31. The van der Waals surface area contributed by atoms with Crippen molar-refractivity contribution in [2.75, 3.05) is 13.9 Å². The standard InChI is InChI=1S/C10H22O3Si/c1-11-8-12-9-6-5-7-10(9)13-14(2,3)4/h9-10H,5-8H2,1-4H3. The van der Waals surface area contributed by atoms with E-state index in [2.05, 4.69) is 19.6 Å². The van der Waals surface area contributed by atoms with E-state index in [1.807, 2.05) is 0 Å². The Labute approximate surface area is 87.9 Å². The zero-order chi connectivity index (χ0) is 10.6. The molecule has 0 spiro atoms. The second kappa shape index (κ2) is 5.26. The molecule has 2 atom stereocenters. The normalized spacial score (nSPS) is 28.3. The van der Waals surface area contributed by atoms with E-state index in [-0.39, 0.29) is 6.10 Å². The molecule has 2 unspecified atom stereocenters. The lowest BCUT2D eigenvalue weighted by atomic mass is 10.3. The second-order valence-electron chi connectivity index (χ2n) is 4.81. The molecule has 0 amide bonds. The summed E-state index contributed by atoms with van der Waals surface area (Å²) in [5.74, 6) is 0. The Hall–Kier alpha value is 0.0969. The van der Waals surface area contributed by atoms with E-state index in [9.17, 15) is 0 Å². The first-order valence-electron chi connectivity index (χ1n) is 5.31. The summed E-state index contributed by atoms with van der Waals surface area (Å²) >= 11 is 0. The van der Waals surface area contributed by atoms with Crippen LogP contribution < -0.4 is 0 Å². The number of hydrogen-bond acceptors (Lipinski definition) is 3. The van der Waals surface area contributed by atoms with Crippen LogP contribution in [0.15, 0.2) is 0 Å². The van der Waals surface area contributed by atoms with E-state index in [1.165, 1.54) is 6.42 Å². The Bertz CT molecular complexity index is 167. The molecule has 84 valence electrons. The largest absolute Gasteiger partial charge is 0.412 e. The third kappa shape index (κ3) is 4.08. The van der Waals surface area contributed by atoms with Crippen molar-refractivity contribution >= 4 is 8.32 Å². The van der Waals surface area contributed by atoms with Crippen molar-refractivity contribution in [3.63, 3.8) is 0 Å². The summed E-state index contributed by atoms with van der Waals surface area (Å²) in [7, 11) is 0.232. The van der Waals surface area contributed by atoms with E-state index < -0.39 is 8.32 Å². The van der Waals surface area contributed by atoms with E-state index in [0.29, 0.717) is 12.9 Å². The average Bonchev–Trinajstić information content (AvgIpc) is 2.45. The monoisotopic (exact) mass is 218 g/mol. The van der Waals surface area contributed by atoms with Crippen LogP contribution in [0.3, 0.4) is 0 Å². The summed E-state index contributed by atoms with van der Waals surface area (Å²) in [6, 6.07) is 0. The van der Waals surface area contributed by atoms with Gasteiger partial charge in [0.25, 0.3) is 0 Å². The molecule has 0 N–H and O–H groups in total. The molecule has 0 heterocycles. The second-order valence-corrected chi connectivity index (χ2v) is 9.27. The molecule has 0 aromatic rings. The van der Waals surface area contributed by atoms with Gasteiger partial charge in [0.2, 0.25) is 0 Å². The van der Waals surface area contributed by atoms with Crippen LogP contribution in [-0.2, 0) is 13.9 Å². The van der Waals surface area contributed by atoms with E-state index >= 15 is 0 Å². The fraction of sp³-hybridized carbons (Fsp3) is 1.00. The topological polar surface area (TPSA) is 27.7 Å². The average molecular weight is 218 g/mol. The molecule has 4 heteroatoms. The predicted octanol–water partition coefficient (Wildman–Crippen LogP) is 2.38. The first-order valence-corrected chi connectivity index (χ1v) is 8.72. The predicted molar refractivity (Wildman–Crippen MR) is 58.8 cm³/mol. The van der Waals surface area contributed by atoms with Crippen LogP contribution >= 0.6 is 0 Å². The van der Waals surface area contributed by atoms with Crippen LogP contribution in [0, 0.1) is 0 Å². The van der Waals surface area contributed by atoms with Crippen molar-refractivity contribution < 1.29 is 13.9 Å². The minimum atomic E-state index is -1.42. The highest BCUT2D eigenvalue weighted by atomic mass is 28.4. The van der Waals surface area contributed by atoms with Crippen LogP contribution in [0.2, 0.25) is 19.6 Å². The number of rotatable bonds is 5. The van der Waals surface area contributed by atoms with Crippen LogP contribution in [0.25, 0.3) is 0 Å². The quantitative estimate of drug-likeness (QED) is 0.524. The number of methoxy groups -OCH3 is 1. The molecule has 0 aromatic heterocycles. The Balaban J connectivity index is 2.35. The highest BCUT2D eigenvalue weighted by Gasteiger charge is 2.32. The van der Waals surface area contributed by atoms with Crippen molar-refractivity contribution in [1.82, 2.24) is 0 Å². The maximum Gasteiger partial charge on any atom is 0.184 e. The highest BCUT2D eigenvalue weighted by molar-refractivity contribution is 6.69. The van der Waals surface area contributed by atoms with Crippen LogP contribution in [0.1, 0.15) is 19.3 Å². The van der Waals surface area contributed by atoms with Gasteiger partial charge in [0, 0.05) is 7.11 Å². The molecule has 1 aliphatic carbocycles. The smallest absolute Gasteiger partial charge is 0.184 e. The van der Waals surface area contributed by atoms with Gasteiger partial charge in [-0.25, -0.2) is 0 Å². The van der Waals surface area contributed by atoms with Crippen LogP contribution in [-0.4, -0.2) is 34.4 Å². The molecule has 0 saturated heterocycles. The molecule has 1 saturated carbocycles. The molecular weight excluding hydrogens is 196 g/mol. The highest BCUT2D eigenvalue weighted by Crippen LogP contribution is 2.27. The van der Waals surface area contributed by atoms with E-state index in [1.54, 1.807) is 7.11 Å². The van der Waals surface area contributed by atoms with Gasteiger partial charge < -0.3 is 13.9 Å². The summed E-state index contributed by atoms with van der Waals surface area (Å²) in [4.78, 5) is 0. The molecule has 0 aromatic carbocycles. The Morgan fingerprint density at radius 2 is 1.79 bits per heavy atom. The van der Waals surface area contributed by atoms with Gasteiger partial charge in [-0.15, -0.1) is 0 Å². The third-order valence-electron chi connectivity index (χ3n) is 2.30. The van der Waals surface area contributed by atoms with E-state index in [0.717, 1.165) is 12.8 Å². The summed E-state index contributed by atoms with van der Waals surface area (Å²) in [6.07, 6.45) is 4.01. The molecule has 1 fully saturated rings. The summed E-state index contributed by atoms with van der Waals surface area (Å²) in [5.41, 5.74) is 0. The van der Waals surface area contributed by atoms with Gasteiger partial charge in [0.1, 0.15) is 6.79 Å². The van der Waals surface area contributed by atoms with E-state index in [4.69, 9.17) is 13.9 Å². The molecule has 0 aliphatic heterocycles. The Kier molecular flexibility index (Phi) is 4.57. The molecular formula is C10H22O3Si. The van der Waals surface area contributed by atoms with Gasteiger partial charge in [-0.2, -0.15) is 0 Å². The first kappa shape index (κ1) is 12.2. The van der Waals surface area contributed by atoms with Crippen LogP contribution in [0.5, 0.6) is 0 Å². The summed E-state index contributed by atoms with van der Waals surface area (Å²) in [5, 5.41) is 0. The van der Waals surface area contributed by atoms with Gasteiger partial charge in [-0.05, 0) is 38.9 Å². The molecule has 14 heavy (non-hydrogen) atoms. The van der Waals surface area contributed by atoms with Crippen molar-refractivity contribution in [2.24, 2.45) is 0 Å². The lowest BCUT2D eigenvalue weighted by Gasteiger charge is -2.27. The maximum absolute atomic E-state index is 6.07. The molecule has 1 aliphatic rings.